The molecule has 0 aromatic rings. The Morgan fingerprint density at radius 2 is 2.31 bits per heavy atom. The fourth-order valence-corrected chi connectivity index (χ4v) is 1.04. The van der Waals surface area contributed by atoms with Crippen LogP contribution in [0.4, 0.5) is 0 Å². The number of rotatable bonds is 6. The van der Waals surface area contributed by atoms with Crippen molar-refractivity contribution in [1.29, 1.82) is 0 Å². The molecule has 0 heterocycles. The normalized spacial score (nSPS) is 18.3. The number of nitrogens with one attached hydrogen (secondary N) is 2. The molecule has 0 radical (unpaired) electrons. The number of hydrogen-bond acceptors (Lipinski definition) is 3. The first-order valence-corrected chi connectivity index (χ1v) is 4.84. The van der Waals surface area contributed by atoms with Gasteiger partial charge < -0.3 is 15.7 Å². The second kappa shape index (κ2) is 5.19. The first kappa shape index (κ1) is 10.5. The van der Waals surface area contributed by atoms with Gasteiger partial charge in [0.25, 0.3) is 0 Å². The molecule has 0 aromatic carbocycles. The second-order valence-electron chi connectivity index (χ2n) is 3.73. The summed E-state index contributed by atoms with van der Waals surface area (Å²) in [4.78, 5) is 11.1. The lowest BCUT2D eigenvalue weighted by Gasteiger charge is -2.07. The van der Waals surface area contributed by atoms with Crippen LogP contribution in [-0.2, 0) is 4.79 Å². The molecule has 0 aromatic heterocycles. The quantitative estimate of drug-likeness (QED) is 0.523. The van der Waals surface area contributed by atoms with Crippen molar-refractivity contribution < 1.29 is 9.90 Å². The van der Waals surface area contributed by atoms with Gasteiger partial charge in [-0.25, -0.2) is 0 Å². The van der Waals surface area contributed by atoms with Crippen LogP contribution in [-0.4, -0.2) is 36.8 Å². The van der Waals surface area contributed by atoms with Gasteiger partial charge in [0.15, 0.2) is 0 Å². The lowest BCUT2D eigenvalue weighted by molar-refractivity contribution is -0.120. The molecule has 1 aliphatic rings. The van der Waals surface area contributed by atoms with E-state index in [4.69, 9.17) is 5.11 Å². The van der Waals surface area contributed by atoms with Crippen LogP contribution in [0.25, 0.3) is 0 Å². The predicted molar refractivity (Wildman–Crippen MR) is 50.3 cm³/mol. The van der Waals surface area contributed by atoms with Crippen molar-refractivity contribution in [2.24, 2.45) is 5.92 Å². The summed E-state index contributed by atoms with van der Waals surface area (Å²) in [5, 5.41) is 14.6. The van der Waals surface area contributed by atoms with Crippen molar-refractivity contribution in [2.75, 3.05) is 19.6 Å². The molecule has 3 N–H and O–H groups in total. The molecule has 13 heavy (non-hydrogen) atoms. The van der Waals surface area contributed by atoms with E-state index in [1.165, 1.54) is 12.8 Å². The Morgan fingerprint density at radius 1 is 1.62 bits per heavy atom. The van der Waals surface area contributed by atoms with Crippen LogP contribution < -0.4 is 10.6 Å². The van der Waals surface area contributed by atoms with E-state index >= 15 is 0 Å². The van der Waals surface area contributed by atoms with Crippen LogP contribution in [0.2, 0.25) is 0 Å². The Morgan fingerprint density at radius 3 is 2.85 bits per heavy atom. The molecule has 76 valence electrons. The molecule has 0 spiro atoms. The van der Waals surface area contributed by atoms with Crippen LogP contribution >= 0.6 is 0 Å². The highest BCUT2D eigenvalue weighted by Gasteiger charge is 2.20. The summed E-state index contributed by atoms with van der Waals surface area (Å²) < 4.78 is 0. The maximum atomic E-state index is 11.1. The largest absolute Gasteiger partial charge is 0.392 e. The Kier molecular flexibility index (Phi) is 4.18. The van der Waals surface area contributed by atoms with Gasteiger partial charge in [-0.15, -0.1) is 0 Å². The molecule has 0 unspecified atom stereocenters. The van der Waals surface area contributed by atoms with Crippen LogP contribution in [0.15, 0.2) is 0 Å². The van der Waals surface area contributed by atoms with E-state index in [9.17, 15) is 4.79 Å². The van der Waals surface area contributed by atoms with E-state index in [0.717, 1.165) is 12.5 Å². The third kappa shape index (κ3) is 5.60. The summed E-state index contributed by atoms with van der Waals surface area (Å²) >= 11 is 0. The molecule has 1 rings (SSSR count). The first-order valence-electron chi connectivity index (χ1n) is 4.84. The highest BCUT2D eigenvalue weighted by molar-refractivity contribution is 5.77. The highest BCUT2D eigenvalue weighted by Crippen LogP contribution is 2.27. The zero-order valence-corrected chi connectivity index (χ0v) is 8.05. The minimum Gasteiger partial charge on any atom is -0.392 e. The first-order chi connectivity index (χ1) is 6.18. The van der Waals surface area contributed by atoms with Crippen LogP contribution in [0.3, 0.4) is 0 Å². The van der Waals surface area contributed by atoms with Gasteiger partial charge in [-0.1, -0.05) is 0 Å². The molecule has 0 bridgehead atoms. The molecule has 1 aliphatic carbocycles. The molecule has 0 aliphatic heterocycles. The summed E-state index contributed by atoms with van der Waals surface area (Å²) in [6.45, 7) is 3.30. The summed E-state index contributed by atoms with van der Waals surface area (Å²) in [5.41, 5.74) is 0. The van der Waals surface area contributed by atoms with Crippen molar-refractivity contribution in [3.05, 3.63) is 0 Å². The highest BCUT2D eigenvalue weighted by atomic mass is 16.3. The minimum atomic E-state index is -0.465. The van der Waals surface area contributed by atoms with Gasteiger partial charge in [0.1, 0.15) is 0 Å². The number of hydrogen-bond donors (Lipinski definition) is 3. The summed E-state index contributed by atoms with van der Waals surface area (Å²) in [7, 11) is 0. The number of aliphatic hydroxyl groups is 1. The maximum absolute atomic E-state index is 11.1. The molecule has 0 saturated heterocycles. The summed E-state index contributed by atoms with van der Waals surface area (Å²) in [5.74, 6) is 0.756. The van der Waals surface area contributed by atoms with E-state index in [0.29, 0.717) is 13.1 Å². The third-order valence-corrected chi connectivity index (χ3v) is 2.01. The van der Waals surface area contributed by atoms with Gasteiger partial charge in [0.2, 0.25) is 5.91 Å². The SMILES string of the molecule is C[C@H](O)CNC(=O)CNCC1CC1. The Balaban J connectivity index is 1.90. The van der Waals surface area contributed by atoms with Gasteiger partial charge >= 0.3 is 0 Å². The number of aliphatic hydroxyl groups excluding tert-OH is 1. The summed E-state index contributed by atoms with van der Waals surface area (Å²) in [6.07, 6.45) is 2.12. The van der Waals surface area contributed by atoms with Gasteiger partial charge in [0, 0.05) is 6.54 Å². The summed E-state index contributed by atoms with van der Waals surface area (Å²) in [6, 6.07) is 0. The second-order valence-corrected chi connectivity index (χ2v) is 3.73. The fraction of sp³-hybridized carbons (Fsp3) is 0.889. The van der Waals surface area contributed by atoms with E-state index < -0.39 is 6.10 Å². The lowest BCUT2D eigenvalue weighted by atomic mass is 10.4. The molecule has 1 fully saturated rings. The average molecular weight is 186 g/mol. The third-order valence-electron chi connectivity index (χ3n) is 2.01. The molecule has 1 amide bonds. The topological polar surface area (TPSA) is 61.4 Å². The monoisotopic (exact) mass is 186 g/mol. The van der Waals surface area contributed by atoms with Crippen molar-refractivity contribution in [3.63, 3.8) is 0 Å². The Labute approximate surface area is 78.7 Å². The van der Waals surface area contributed by atoms with Crippen molar-refractivity contribution >= 4 is 5.91 Å². The fourth-order valence-electron chi connectivity index (χ4n) is 1.04. The number of amides is 1. The standard InChI is InChI=1S/C9H18N2O2/c1-7(12)4-11-9(13)6-10-5-8-2-3-8/h7-8,10,12H,2-6H2,1H3,(H,11,13)/t7-/m0/s1. The molecule has 1 atom stereocenters. The van der Waals surface area contributed by atoms with Gasteiger partial charge in [-0.05, 0) is 32.2 Å². The van der Waals surface area contributed by atoms with Crippen molar-refractivity contribution in [3.8, 4) is 0 Å². The maximum Gasteiger partial charge on any atom is 0.234 e. The zero-order valence-electron chi connectivity index (χ0n) is 8.05. The Hall–Kier alpha value is -0.610. The van der Waals surface area contributed by atoms with Crippen LogP contribution in [0.1, 0.15) is 19.8 Å². The molecule has 4 nitrogen and oxygen atoms in total. The zero-order chi connectivity index (χ0) is 9.68. The molecular weight excluding hydrogens is 168 g/mol. The predicted octanol–water partition coefficient (Wildman–Crippen LogP) is -0.517. The lowest BCUT2D eigenvalue weighted by Crippen LogP contribution is -2.37. The molecule has 1 saturated carbocycles. The minimum absolute atomic E-state index is 0.0402. The van der Waals surface area contributed by atoms with E-state index in [1.54, 1.807) is 6.92 Å². The number of carbonyl (C=O) groups excluding carboxylic acids is 1. The van der Waals surface area contributed by atoms with Crippen LogP contribution in [0, 0.1) is 5.92 Å². The van der Waals surface area contributed by atoms with Crippen LogP contribution in [0.5, 0.6) is 0 Å². The van der Waals surface area contributed by atoms with E-state index in [2.05, 4.69) is 10.6 Å². The smallest absolute Gasteiger partial charge is 0.234 e. The molecular formula is C9H18N2O2. The van der Waals surface area contributed by atoms with Crippen molar-refractivity contribution in [1.82, 2.24) is 10.6 Å². The van der Waals surface area contributed by atoms with Gasteiger partial charge in [-0.3, -0.25) is 4.79 Å². The van der Waals surface area contributed by atoms with E-state index in [1.807, 2.05) is 0 Å². The van der Waals surface area contributed by atoms with E-state index in [-0.39, 0.29) is 5.91 Å². The molecule has 4 heteroatoms. The van der Waals surface area contributed by atoms with Crippen molar-refractivity contribution in [2.45, 2.75) is 25.9 Å². The Bertz CT molecular complexity index is 167. The van der Waals surface area contributed by atoms with Gasteiger partial charge in [-0.2, -0.15) is 0 Å². The average Bonchev–Trinajstić information content (AvgIpc) is 2.84. The van der Waals surface area contributed by atoms with Gasteiger partial charge in [0.05, 0.1) is 12.6 Å². The number of carbonyl (C=O) groups is 1.